The number of benzene rings is 3. The minimum absolute atomic E-state index is 0.130. The third-order valence-corrected chi connectivity index (χ3v) is 5.01. The predicted octanol–water partition coefficient (Wildman–Crippen LogP) is 4.72. The lowest BCUT2D eigenvalue weighted by Gasteiger charge is -2.25. The Morgan fingerprint density at radius 1 is 0.774 bits per heavy atom. The van der Waals surface area contributed by atoms with Gasteiger partial charge in [-0.3, -0.25) is 14.4 Å². The van der Waals surface area contributed by atoms with Crippen molar-refractivity contribution in [3.05, 3.63) is 102 Å². The number of carbonyl (C=O) groups excluding carboxylic acids is 3. The molecule has 0 spiro atoms. The third-order valence-electron chi connectivity index (χ3n) is 5.01. The lowest BCUT2D eigenvalue weighted by atomic mass is 9.77. The molecule has 5 heteroatoms. The van der Waals surface area contributed by atoms with Gasteiger partial charge in [0.05, 0.1) is 19.6 Å². The fourth-order valence-corrected chi connectivity index (χ4v) is 3.52. The van der Waals surface area contributed by atoms with Crippen LogP contribution in [0, 0.1) is 5.92 Å². The maximum Gasteiger partial charge on any atom is 0.314 e. The molecule has 31 heavy (non-hydrogen) atoms. The largest absolute Gasteiger partial charge is 0.497 e. The summed E-state index contributed by atoms with van der Waals surface area (Å²) in [5.74, 6) is -3.38. The monoisotopic (exact) mass is 416 g/mol. The molecule has 0 radical (unpaired) electrons. The fourth-order valence-electron chi connectivity index (χ4n) is 3.52. The van der Waals surface area contributed by atoms with E-state index in [1.165, 1.54) is 7.11 Å². The molecule has 1 unspecified atom stereocenters. The van der Waals surface area contributed by atoms with Gasteiger partial charge in [0.2, 0.25) is 0 Å². The van der Waals surface area contributed by atoms with Crippen LogP contribution >= 0.6 is 0 Å². The second kappa shape index (κ2) is 10.3. The first-order chi connectivity index (χ1) is 15.1. The van der Waals surface area contributed by atoms with Crippen LogP contribution in [0.1, 0.15) is 39.1 Å². The lowest BCUT2D eigenvalue weighted by molar-refractivity contribution is -0.145. The zero-order chi connectivity index (χ0) is 22.2. The highest BCUT2D eigenvalue weighted by atomic mass is 16.5. The van der Waals surface area contributed by atoms with E-state index in [-0.39, 0.29) is 6.61 Å². The van der Waals surface area contributed by atoms with Crippen LogP contribution in [0.2, 0.25) is 0 Å². The van der Waals surface area contributed by atoms with Crippen molar-refractivity contribution in [3.63, 3.8) is 0 Å². The Morgan fingerprint density at radius 2 is 1.32 bits per heavy atom. The topological polar surface area (TPSA) is 69.7 Å². The van der Waals surface area contributed by atoms with Crippen LogP contribution in [0.5, 0.6) is 5.75 Å². The lowest BCUT2D eigenvalue weighted by Crippen LogP contribution is -2.35. The van der Waals surface area contributed by atoms with Crippen molar-refractivity contribution < 1.29 is 23.9 Å². The molecule has 0 aliphatic heterocycles. The van der Waals surface area contributed by atoms with Gasteiger partial charge in [-0.15, -0.1) is 0 Å². The molecule has 158 valence electrons. The maximum absolute atomic E-state index is 13.6. The number of hydrogen-bond acceptors (Lipinski definition) is 5. The van der Waals surface area contributed by atoms with Crippen LogP contribution in [-0.2, 0) is 9.53 Å². The Kier molecular flexibility index (Phi) is 7.33. The number of rotatable bonds is 9. The molecule has 1 atom stereocenters. The Morgan fingerprint density at radius 3 is 1.81 bits per heavy atom. The number of carbonyl (C=O) groups is 3. The van der Waals surface area contributed by atoms with Crippen molar-refractivity contribution in [2.75, 3.05) is 13.7 Å². The summed E-state index contributed by atoms with van der Waals surface area (Å²) in [6.07, 6.45) is 0. The minimum atomic E-state index is -1.28. The highest BCUT2D eigenvalue weighted by molar-refractivity contribution is 6.18. The summed E-state index contributed by atoms with van der Waals surface area (Å²) in [6, 6.07) is 23.8. The van der Waals surface area contributed by atoms with Gasteiger partial charge in [0, 0.05) is 11.1 Å². The van der Waals surface area contributed by atoms with Crippen molar-refractivity contribution in [1.29, 1.82) is 0 Å². The number of methoxy groups -OCH3 is 1. The molecule has 3 aromatic carbocycles. The number of ether oxygens (including phenoxy) is 2. The fraction of sp³-hybridized carbons (Fsp3) is 0.192. The Balaban J connectivity index is 2.17. The van der Waals surface area contributed by atoms with Gasteiger partial charge < -0.3 is 9.47 Å². The molecule has 0 saturated heterocycles. The zero-order valence-electron chi connectivity index (χ0n) is 17.5. The first-order valence-corrected chi connectivity index (χ1v) is 10.1. The van der Waals surface area contributed by atoms with Crippen LogP contribution in [0.15, 0.2) is 84.9 Å². The summed E-state index contributed by atoms with van der Waals surface area (Å²) in [5.41, 5.74) is 1.19. The zero-order valence-corrected chi connectivity index (χ0v) is 17.5. The first kappa shape index (κ1) is 22.0. The summed E-state index contributed by atoms with van der Waals surface area (Å²) in [6.45, 7) is 1.82. The van der Waals surface area contributed by atoms with E-state index >= 15 is 0 Å². The summed E-state index contributed by atoms with van der Waals surface area (Å²) in [5, 5.41) is 0. The number of Topliss-reactive ketones (excluding diaryl/α,β-unsaturated/α-hetero) is 2. The second-order valence-electron chi connectivity index (χ2n) is 6.94. The first-order valence-electron chi connectivity index (χ1n) is 10.1. The van der Waals surface area contributed by atoms with Gasteiger partial charge in [-0.05, 0) is 24.6 Å². The summed E-state index contributed by atoms with van der Waals surface area (Å²) >= 11 is 0. The predicted molar refractivity (Wildman–Crippen MR) is 117 cm³/mol. The molecule has 0 heterocycles. The van der Waals surface area contributed by atoms with E-state index in [0.717, 1.165) is 0 Å². The van der Waals surface area contributed by atoms with Crippen LogP contribution in [-0.4, -0.2) is 31.3 Å². The summed E-state index contributed by atoms with van der Waals surface area (Å²) in [4.78, 5) is 40.2. The molecule has 0 amide bonds. The number of ketones is 2. The van der Waals surface area contributed by atoms with Crippen molar-refractivity contribution in [3.8, 4) is 5.75 Å². The molecule has 0 bridgehead atoms. The molecule has 5 nitrogen and oxygen atoms in total. The summed E-state index contributed by atoms with van der Waals surface area (Å²) in [7, 11) is 1.51. The highest BCUT2D eigenvalue weighted by Gasteiger charge is 2.42. The van der Waals surface area contributed by atoms with Gasteiger partial charge in [0.1, 0.15) is 11.7 Å². The Bertz CT molecular complexity index is 992. The van der Waals surface area contributed by atoms with Gasteiger partial charge in [0.25, 0.3) is 0 Å². The quantitative estimate of drug-likeness (QED) is 0.287. The molecule has 0 N–H and O–H groups in total. The van der Waals surface area contributed by atoms with Crippen molar-refractivity contribution >= 4 is 17.5 Å². The average Bonchev–Trinajstić information content (AvgIpc) is 2.83. The van der Waals surface area contributed by atoms with E-state index < -0.39 is 29.4 Å². The van der Waals surface area contributed by atoms with Crippen LogP contribution in [0.4, 0.5) is 0 Å². The van der Waals surface area contributed by atoms with E-state index in [0.29, 0.717) is 22.4 Å². The van der Waals surface area contributed by atoms with Crippen molar-refractivity contribution in [1.82, 2.24) is 0 Å². The molecular weight excluding hydrogens is 392 g/mol. The molecule has 0 fully saturated rings. The molecule has 3 aromatic rings. The van der Waals surface area contributed by atoms with Gasteiger partial charge >= 0.3 is 5.97 Å². The molecule has 0 aromatic heterocycles. The van der Waals surface area contributed by atoms with E-state index in [1.807, 2.05) is 0 Å². The normalized spacial score (nSPS) is 11.6. The number of hydrogen-bond donors (Lipinski definition) is 0. The Labute approximate surface area is 181 Å². The van der Waals surface area contributed by atoms with Gasteiger partial charge in [0.15, 0.2) is 11.6 Å². The molecule has 0 saturated carbocycles. The Hall–Kier alpha value is -3.73. The molecular formula is C26H24O5. The van der Waals surface area contributed by atoms with E-state index in [2.05, 4.69) is 0 Å². The van der Waals surface area contributed by atoms with Gasteiger partial charge in [-0.25, -0.2) is 0 Å². The van der Waals surface area contributed by atoms with Crippen LogP contribution in [0.25, 0.3) is 0 Å². The van der Waals surface area contributed by atoms with E-state index in [1.54, 1.807) is 91.9 Å². The SMILES string of the molecule is CCOC(=O)C(c1cccc(OC)c1)C(C(=O)c1ccccc1)C(=O)c1ccccc1. The van der Waals surface area contributed by atoms with Gasteiger partial charge in [-0.2, -0.15) is 0 Å². The molecule has 0 aliphatic rings. The van der Waals surface area contributed by atoms with E-state index in [4.69, 9.17) is 9.47 Å². The summed E-state index contributed by atoms with van der Waals surface area (Å²) < 4.78 is 10.6. The third kappa shape index (κ3) is 5.07. The standard InChI is InChI=1S/C26H24O5/c1-3-31-26(29)22(20-15-10-16-21(17-20)30-2)23(24(27)18-11-6-4-7-12-18)25(28)19-13-8-5-9-14-19/h4-17,22-23H,3H2,1-2H3. The molecule has 0 aliphatic carbocycles. The second-order valence-corrected chi connectivity index (χ2v) is 6.94. The average molecular weight is 416 g/mol. The minimum Gasteiger partial charge on any atom is -0.497 e. The molecule has 3 rings (SSSR count). The van der Waals surface area contributed by atoms with E-state index in [9.17, 15) is 14.4 Å². The van der Waals surface area contributed by atoms with Crippen LogP contribution < -0.4 is 4.74 Å². The van der Waals surface area contributed by atoms with Crippen molar-refractivity contribution in [2.45, 2.75) is 12.8 Å². The van der Waals surface area contributed by atoms with Crippen molar-refractivity contribution in [2.24, 2.45) is 5.92 Å². The van der Waals surface area contributed by atoms with Crippen LogP contribution in [0.3, 0.4) is 0 Å². The highest BCUT2D eigenvalue weighted by Crippen LogP contribution is 2.33. The van der Waals surface area contributed by atoms with Gasteiger partial charge in [-0.1, -0.05) is 72.8 Å². The maximum atomic E-state index is 13.6. The number of esters is 1. The smallest absolute Gasteiger partial charge is 0.314 e.